The van der Waals surface area contributed by atoms with Gasteiger partial charge in [-0.2, -0.15) is 0 Å². The van der Waals surface area contributed by atoms with Crippen LogP contribution in [0.25, 0.3) is 22.4 Å². The fraction of sp³-hybridized carbons (Fsp3) is 0.235. The first-order chi connectivity index (χ1) is 9.16. The number of hydrogen-bond donors (Lipinski definition) is 0. The van der Waals surface area contributed by atoms with E-state index in [0.29, 0.717) is 6.04 Å². The lowest BCUT2D eigenvalue weighted by Gasteiger charge is -2.13. The molecule has 1 aromatic heterocycles. The number of aromatic nitrogens is 2. The molecule has 19 heavy (non-hydrogen) atoms. The summed E-state index contributed by atoms with van der Waals surface area (Å²) in [6.07, 6.45) is 0. The highest BCUT2D eigenvalue weighted by molar-refractivity contribution is 5.81. The maximum Gasteiger partial charge on any atom is 0.141 e. The van der Waals surface area contributed by atoms with Gasteiger partial charge in [0.1, 0.15) is 5.82 Å². The molecule has 0 fully saturated rings. The molecule has 0 radical (unpaired) electrons. The molecule has 2 heteroatoms. The molecule has 2 nitrogen and oxygen atoms in total. The summed E-state index contributed by atoms with van der Waals surface area (Å²) in [7, 11) is 0. The molecule has 0 N–H and O–H groups in total. The number of aryl methyl sites for hydroxylation is 1. The van der Waals surface area contributed by atoms with Gasteiger partial charge < -0.3 is 4.57 Å². The Labute approximate surface area is 113 Å². The average Bonchev–Trinajstić information content (AvgIpc) is 2.78. The molecule has 0 saturated heterocycles. The summed E-state index contributed by atoms with van der Waals surface area (Å²) in [6, 6.07) is 17.3. The molecule has 0 saturated carbocycles. The van der Waals surface area contributed by atoms with Crippen LogP contribution in [0.1, 0.15) is 25.5 Å². The van der Waals surface area contributed by atoms with E-state index in [1.54, 1.807) is 0 Å². The van der Waals surface area contributed by atoms with Gasteiger partial charge in [-0.3, -0.25) is 0 Å². The van der Waals surface area contributed by atoms with Crippen molar-refractivity contribution >= 4 is 11.0 Å². The van der Waals surface area contributed by atoms with Crippen LogP contribution in [0.5, 0.6) is 0 Å². The van der Waals surface area contributed by atoms with Crippen LogP contribution in [0.15, 0.2) is 48.5 Å². The third-order valence-electron chi connectivity index (χ3n) is 3.39. The zero-order valence-electron chi connectivity index (χ0n) is 11.6. The van der Waals surface area contributed by atoms with Crippen molar-refractivity contribution in [3.63, 3.8) is 0 Å². The van der Waals surface area contributed by atoms with Crippen LogP contribution in [0.2, 0.25) is 0 Å². The zero-order valence-corrected chi connectivity index (χ0v) is 11.6. The van der Waals surface area contributed by atoms with Crippen LogP contribution in [0, 0.1) is 6.92 Å². The van der Waals surface area contributed by atoms with Gasteiger partial charge in [0.2, 0.25) is 0 Å². The predicted octanol–water partition coefficient (Wildman–Crippen LogP) is 4.59. The SMILES string of the molecule is Cc1ccc2c(c1)nc(-c1ccccc1)n2C(C)C. The van der Waals surface area contributed by atoms with Crippen molar-refractivity contribution in [3.05, 3.63) is 54.1 Å². The molecular weight excluding hydrogens is 232 g/mol. The van der Waals surface area contributed by atoms with Crippen LogP contribution in [0.4, 0.5) is 0 Å². The molecular formula is C17H18N2. The van der Waals surface area contributed by atoms with Gasteiger partial charge in [0.25, 0.3) is 0 Å². The fourth-order valence-electron chi connectivity index (χ4n) is 2.52. The second-order valence-corrected chi connectivity index (χ2v) is 5.26. The van der Waals surface area contributed by atoms with Crippen molar-refractivity contribution in [1.82, 2.24) is 9.55 Å². The molecule has 3 rings (SSSR count). The monoisotopic (exact) mass is 250 g/mol. The maximum atomic E-state index is 4.83. The summed E-state index contributed by atoms with van der Waals surface area (Å²) in [5.74, 6) is 1.05. The molecule has 0 bridgehead atoms. The van der Waals surface area contributed by atoms with Crippen molar-refractivity contribution in [2.75, 3.05) is 0 Å². The Bertz CT molecular complexity index is 709. The van der Waals surface area contributed by atoms with Crippen LogP contribution in [0.3, 0.4) is 0 Å². The van der Waals surface area contributed by atoms with E-state index < -0.39 is 0 Å². The van der Waals surface area contributed by atoms with E-state index in [1.807, 2.05) is 6.07 Å². The number of benzene rings is 2. The van der Waals surface area contributed by atoms with E-state index >= 15 is 0 Å². The van der Waals surface area contributed by atoms with E-state index in [4.69, 9.17) is 4.98 Å². The Morgan fingerprint density at radius 1 is 1.00 bits per heavy atom. The second kappa shape index (κ2) is 4.54. The molecule has 96 valence electrons. The number of rotatable bonds is 2. The summed E-state index contributed by atoms with van der Waals surface area (Å²) in [4.78, 5) is 4.83. The Morgan fingerprint density at radius 2 is 1.74 bits per heavy atom. The van der Waals surface area contributed by atoms with Crippen molar-refractivity contribution in [2.45, 2.75) is 26.8 Å². The summed E-state index contributed by atoms with van der Waals surface area (Å²) in [6.45, 7) is 6.51. The highest BCUT2D eigenvalue weighted by atomic mass is 15.1. The average molecular weight is 250 g/mol. The topological polar surface area (TPSA) is 17.8 Å². The van der Waals surface area contributed by atoms with Crippen LogP contribution in [-0.2, 0) is 0 Å². The summed E-state index contributed by atoms with van der Waals surface area (Å²) in [5.41, 5.74) is 4.71. The lowest BCUT2D eigenvalue weighted by Crippen LogP contribution is -2.02. The highest BCUT2D eigenvalue weighted by Gasteiger charge is 2.14. The Morgan fingerprint density at radius 3 is 2.42 bits per heavy atom. The minimum atomic E-state index is 0.392. The molecule has 0 amide bonds. The van der Waals surface area contributed by atoms with Gasteiger partial charge in [0, 0.05) is 11.6 Å². The number of hydrogen-bond acceptors (Lipinski definition) is 1. The maximum absolute atomic E-state index is 4.83. The van der Waals surface area contributed by atoms with Crippen molar-refractivity contribution in [1.29, 1.82) is 0 Å². The van der Waals surface area contributed by atoms with Gasteiger partial charge in [-0.05, 0) is 38.5 Å². The minimum Gasteiger partial charge on any atom is -0.321 e. The molecule has 1 heterocycles. The lowest BCUT2D eigenvalue weighted by molar-refractivity contribution is 0.624. The third-order valence-corrected chi connectivity index (χ3v) is 3.39. The van der Waals surface area contributed by atoms with Crippen molar-refractivity contribution in [3.8, 4) is 11.4 Å². The van der Waals surface area contributed by atoms with E-state index in [1.165, 1.54) is 16.6 Å². The predicted molar refractivity (Wildman–Crippen MR) is 80.3 cm³/mol. The van der Waals surface area contributed by atoms with Crippen molar-refractivity contribution in [2.24, 2.45) is 0 Å². The van der Waals surface area contributed by atoms with Gasteiger partial charge in [-0.25, -0.2) is 4.98 Å². The molecule has 0 aliphatic carbocycles. The van der Waals surface area contributed by atoms with Gasteiger partial charge >= 0.3 is 0 Å². The number of imidazole rings is 1. The number of fused-ring (bicyclic) bond motifs is 1. The highest BCUT2D eigenvalue weighted by Crippen LogP contribution is 2.28. The first-order valence-corrected chi connectivity index (χ1v) is 6.71. The molecule has 2 aromatic carbocycles. The van der Waals surface area contributed by atoms with E-state index in [0.717, 1.165) is 11.3 Å². The first kappa shape index (κ1) is 12.0. The molecule has 0 unspecified atom stereocenters. The first-order valence-electron chi connectivity index (χ1n) is 6.71. The van der Waals surface area contributed by atoms with Crippen LogP contribution in [-0.4, -0.2) is 9.55 Å². The number of nitrogens with zero attached hydrogens (tertiary/aromatic N) is 2. The molecule has 0 aliphatic rings. The summed E-state index contributed by atoms with van der Waals surface area (Å²) < 4.78 is 2.31. The summed E-state index contributed by atoms with van der Waals surface area (Å²) >= 11 is 0. The van der Waals surface area contributed by atoms with Gasteiger partial charge in [-0.1, -0.05) is 36.4 Å². The third kappa shape index (κ3) is 2.03. The molecule has 0 atom stereocenters. The molecule has 3 aromatic rings. The Kier molecular flexibility index (Phi) is 2.86. The normalized spacial score (nSPS) is 11.4. The second-order valence-electron chi connectivity index (χ2n) is 5.26. The van der Waals surface area contributed by atoms with Crippen LogP contribution < -0.4 is 0 Å². The standard InChI is InChI=1S/C17H18N2/c1-12(2)19-16-10-9-13(3)11-15(16)18-17(19)14-7-5-4-6-8-14/h4-12H,1-3H3. The smallest absolute Gasteiger partial charge is 0.141 e. The molecule has 0 aliphatic heterocycles. The van der Waals surface area contributed by atoms with Gasteiger partial charge in [-0.15, -0.1) is 0 Å². The van der Waals surface area contributed by atoms with E-state index in [9.17, 15) is 0 Å². The van der Waals surface area contributed by atoms with Gasteiger partial charge in [0.15, 0.2) is 0 Å². The lowest BCUT2D eigenvalue weighted by atomic mass is 10.2. The van der Waals surface area contributed by atoms with Gasteiger partial charge in [0.05, 0.1) is 11.0 Å². The Balaban J connectivity index is 2.32. The molecule has 0 spiro atoms. The minimum absolute atomic E-state index is 0.392. The zero-order chi connectivity index (χ0) is 13.4. The fourth-order valence-corrected chi connectivity index (χ4v) is 2.52. The van der Waals surface area contributed by atoms with Crippen molar-refractivity contribution < 1.29 is 0 Å². The quantitative estimate of drug-likeness (QED) is 0.650. The summed E-state index contributed by atoms with van der Waals surface area (Å²) in [5, 5.41) is 0. The van der Waals surface area contributed by atoms with E-state index in [-0.39, 0.29) is 0 Å². The largest absolute Gasteiger partial charge is 0.321 e. The van der Waals surface area contributed by atoms with Crippen LogP contribution >= 0.6 is 0 Å². The van der Waals surface area contributed by atoms with E-state index in [2.05, 4.69) is 67.8 Å². The Hall–Kier alpha value is -2.09.